The fourth-order valence-electron chi connectivity index (χ4n) is 2.68. The van der Waals surface area contributed by atoms with Crippen LogP contribution >= 0.6 is 15.9 Å². The van der Waals surface area contributed by atoms with Gasteiger partial charge in [-0.15, -0.1) is 0 Å². The minimum Gasteiger partial charge on any atom is -0.396 e. The van der Waals surface area contributed by atoms with Gasteiger partial charge in [0.15, 0.2) is 0 Å². The average Bonchev–Trinajstić information content (AvgIpc) is 2.25. The van der Waals surface area contributed by atoms with Crippen LogP contribution in [-0.2, 0) is 0 Å². The van der Waals surface area contributed by atoms with Crippen LogP contribution in [0.15, 0.2) is 28.7 Å². The first-order valence-corrected chi connectivity index (χ1v) is 6.57. The molecular formula is C13H18BrNO. The van der Waals surface area contributed by atoms with E-state index < -0.39 is 0 Å². The Morgan fingerprint density at radius 3 is 2.31 bits per heavy atom. The van der Waals surface area contributed by atoms with Gasteiger partial charge < -0.3 is 10.8 Å². The predicted molar refractivity (Wildman–Crippen MR) is 69.3 cm³/mol. The number of aliphatic hydroxyl groups excluding tert-OH is 1. The number of rotatable bonds is 4. The molecule has 2 rings (SSSR count). The summed E-state index contributed by atoms with van der Waals surface area (Å²) in [6.07, 6.45) is 3.41. The van der Waals surface area contributed by atoms with Crippen LogP contribution in [0.4, 0.5) is 0 Å². The molecule has 3 heteroatoms. The fourth-order valence-corrected chi connectivity index (χ4v) is 2.95. The Morgan fingerprint density at radius 1 is 1.31 bits per heavy atom. The number of nitrogens with two attached hydrogens (primary N) is 1. The van der Waals surface area contributed by atoms with Crippen molar-refractivity contribution in [2.24, 2.45) is 11.1 Å². The van der Waals surface area contributed by atoms with E-state index >= 15 is 0 Å². The Hall–Kier alpha value is -0.380. The second kappa shape index (κ2) is 4.86. The first kappa shape index (κ1) is 12.1. The minimum atomic E-state index is 0.0442. The molecule has 1 aliphatic rings. The molecule has 3 N–H and O–H groups in total. The van der Waals surface area contributed by atoms with Crippen LogP contribution in [0.2, 0.25) is 0 Å². The van der Waals surface area contributed by atoms with E-state index in [1.54, 1.807) is 0 Å². The molecule has 0 aliphatic heterocycles. The van der Waals surface area contributed by atoms with E-state index in [2.05, 4.69) is 28.1 Å². The topological polar surface area (TPSA) is 46.2 Å². The molecule has 0 heterocycles. The molecule has 0 radical (unpaired) electrons. The molecule has 1 fully saturated rings. The summed E-state index contributed by atoms with van der Waals surface area (Å²) in [6, 6.07) is 8.30. The summed E-state index contributed by atoms with van der Waals surface area (Å²) >= 11 is 3.43. The zero-order valence-corrected chi connectivity index (χ0v) is 10.9. The van der Waals surface area contributed by atoms with E-state index in [0.717, 1.165) is 17.3 Å². The normalized spacial score (nSPS) is 20.2. The van der Waals surface area contributed by atoms with Crippen molar-refractivity contribution in [1.29, 1.82) is 0 Å². The Balaban J connectivity index is 2.25. The van der Waals surface area contributed by atoms with Crippen molar-refractivity contribution in [2.75, 3.05) is 13.2 Å². The Kier molecular flexibility index (Phi) is 3.67. The molecule has 2 nitrogen and oxygen atoms in total. The third-order valence-corrected chi connectivity index (χ3v) is 4.44. The summed E-state index contributed by atoms with van der Waals surface area (Å²) in [5.74, 6) is 0.291. The van der Waals surface area contributed by atoms with E-state index in [0.29, 0.717) is 12.5 Å². The maximum absolute atomic E-state index is 9.59. The van der Waals surface area contributed by atoms with Crippen molar-refractivity contribution < 1.29 is 5.11 Å². The summed E-state index contributed by atoms with van der Waals surface area (Å²) in [4.78, 5) is 0. The van der Waals surface area contributed by atoms with Crippen LogP contribution in [0.25, 0.3) is 0 Å². The quantitative estimate of drug-likeness (QED) is 0.893. The highest BCUT2D eigenvalue weighted by atomic mass is 79.9. The number of aliphatic hydroxyl groups is 1. The first-order valence-electron chi connectivity index (χ1n) is 5.78. The molecule has 0 spiro atoms. The summed E-state index contributed by atoms with van der Waals surface area (Å²) < 4.78 is 1.08. The lowest BCUT2D eigenvalue weighted by Gasteiger charge is -2.46. The zero-order valence-electron chi connectivity index (χ0n) is 9.32. The van der Waals surface area contributed by atoms with Gasteiger partial charge >= 0.3 is 0 Å². The van der Waals surface area contributed by atoms with Crippen LogP contribution in [0.5, 0.6) is 0 Å². The van der Waals surface area contributed by atoms with Gasteiger partial charge in [-0.05, 0) is 37.1 Å². The lowest BCUT2D eigenvalue weighted by atomic mass is 9.60. The maximum Gasteiger partial charge on any atom is 0.0493 e. The maximum atomic E-state index is 9.59. The lowest BCUT2D eigenvalue weighted by Crippen LogP contribution is -2.42. The van der Waals surface area contributed by atoms with Crippen molar-refractivity contribution in [3.63, 3.8) is 0 Å². The van der Waals surface area contributed by atoms with E-state index in [1.807, 2.05) is 12.1 Å². The molecule has 1 aromatic rings. The van der Waals surface area contributed by atoms with E-state index in [4.69, 9.17) is 5.73 Å². The minimum absolute atomic E-state index is 0.0442. The van der Waals surface area contributed by atoms with Crippen LogP contribution in [0.3, 0.4) is 0 Å². The van der Waals surface area contributed by atoms with E-state index in [9.17, 15) is 5.11 Å². The Labute approximate surface area is 105 Å². The second-order valence-corrected chi connectivity index (χ2v) is 5.63. The standard InChI is InChI=1S/C13H18BrNO/c14-11-4-2-10(3-5-11)12(8-15)13(9-16)6-1-7-13/h2-5,12,16H,1,6-9,15H2. The SMILES string of the molecule is NCC(c1ccc(Br)cc1)C1(CO)CCC1. The summed E-state index contributed by atoms with van der Waals surface area (Å²) in [7, 11) is 0. The highest BCUT2D eigenvalue weighted by Gasteiger charge is 2.43. The van der Waals surface area contributed by atoms with Crippen molar-refractivity contribution >= 4 is 15.9 Å². The molecule has 1 aliphatic carbocycles. The average molecular weight is 284 g/mol. The number of benzene rings is 1. The third kappa shape index (κ3) is 2.04. The van der Waals surface area contributed by atoms with Gasteiger partial charge in [-0.2, -0.15) is 0 Å². The van der Waals surface area contributed by atoms with Gasteiger partial charge in [0.1, 0.15) is 0 Å². The molecule has 1 saturated carbocycles. The van der Waals surface area contributed by atoms with E-state index in [-0.39, 0.29) is 12.0 Å². The molecule has 88 valence electrons. The summed E-state index contributed by atoms with van der Waals surface area (Å²) in [6.45, 7) is 0.868. The molecule has 0 aromatic heterocycles. The van der Waals surface area contributed by atoms with Crippen LogP contribution < -0.4 is 5.73 Å². The van der Waals surface area contributed by atoms with Gasteiger partial charge in [-0.3, -0.25) is 0 Å². The van der Waals surface area contributed by atoms with Crippen LogP contribution in [-0.4, -0.2) is 18.3 Å². The van der Waals surface area contributed by atoms with E-state index in [1.165, 1.54) is 12.0 Å². The smallest absolute Gasteiger partial charge is 0.0493 e. The van der Waals surface area contributed by atoms with Gasteiger partial charge in [0.2, 0.25) is 0 Å². The van der Waals surface area contributed by atoms with Crippen molar-refractivity contribution in [2.45, 2.75) is 25.2 Å². The van der Waals surface area contributed by atoms with Gasteiger partial charge in [0.05, 0.1) is 0 Å². The van der Waals surface area contributed by atoms with Crippen LogP contribution in [0, 0.1) is 5.41 Å². The van der Waals surface area contributed by atoms with Crippen molar-refractivity contribution in [3.05, 3.63) is 34.3 Å². The molecule has 1 aromatic carbocycles. The molecule has 1 unspecified atom stereocenters. The van der Waals surface area contributed by atoms with Gasteiger partial charge in [0, 0.05) is 22.4 Å². The molecule has 1 atom stereocenters. The highest BCUT2D eigenvalue weighted by Crippen LogP contribution is 2.50. The van der Waals surface area contributed by atoms with Crippen LogP contribution in [0.1, 0.15) is 30.7 Å². The summed E-state index contributed by atoms with van der Waals surface area (Å²) in [5.41, 5.74) is 7.18. The Morgan fingerprint density at radius 2 is 1.94 bits per heavy atom. The highest BCUT2D eigenvalue weighted by molar-refractivity contribution is 9.10. The van der Waals surface area contributed by atoms with Crippen molar-refractivity contribution in [1.82, 2.24) is 0 Å². The first-order chi connectivity index (χ1) is 7.72. The third-order valence-electron chi connectivity index (χ3n) is 3.91. The zero-order chi connectivity index (χ0) is 11.6. The number of hydrogen-bond acceptors (Lipinski definition) is 2. The largest absolute Gasteiger partial charge is 0.396 e. The molecule has 0 bridgehead atoms. The summed E-state index contributed by atoms with van der Waals surface area (Å²) in [5, 5.41) is 9.59. The predicted octanol–water partition coefficient (Wildman–Crippen LogP) is 2.65. The number of halogens is 1. The lowest BCUT2D eigenvalue weighted by molar-refractivity contribution is 0.0192. The van der Waals surface area contributed by atoms with Crippen molar-refractivity contribution in [3.8, 4) is 0 Å². The van der Waals surface area contributed by atoms with Gasteiger partial charge in [-0.1, -0.05) is 34.5 Å². The Bertz CT molecular complexity index is 340. The van der Waals surface area contributed by atoms with Gasteiger partial charge in [-0.25, -0.2) is 0 Å². The molecule has 0 amide bonds. The number of hydrogen-bond donors (Lipinski definition) is 2. The molecular weight excluding hydrogens is 266 g/mol. The molecule has 16 heavy (non-hydrogen) atoms. The molecule has 0 saturated heterocycles. The second-order valence-electron chi connectivity index (χ2n) is 4.71. The van der Waals surface area contributed by atoms with Gasteiger partial charge in [0.25, 0.3) is 0 Å². The fraction of sp³-hybridized carbons (Fsp3) is 0.538. The monoisotopic (exact) mass is 283 g/mol.